The molecule has 94 valence electrons. The zero-order valence-electron chi connectivity index (χ0n) is 9.61. The fourth-order valence-corrected chi connectivity index (χ4v) is 3.08. The SMILES string of the molecule is CC(NC(=O)c1ccccc1Br)c1ccc(Cl)s1. The molecule has 1 amide bonds. The number of hydrogen-bond donors (Lipinski definition) is 1. The van der Waals surface area contributed by atoms with E-state index in [1.807, 2.05) is 37.3 Å². The monoisotopic (exact) mass is 343 g/mol. The Balaban J connectivity index is 2.10. The molecule has 0 aliphatic rings. The lowest BCUT2D eigenvalue weighted by Crippen LogP contribution is -2.26. The van der Waals surface area contributed by atoms with Gasteiger partial charge in [-0.3, -0.25) is 4.79 Å². The summed E-state index contributed by atoms with van der Waals surface area (Å²) in [5.74, 6) is -0.0977. The number of thiophene rings is 1. The van der Waals surface area contributed by atoms with Crippen LogP contribution in [-0.2, 0) is 0 Å². The van der Waals surface area contributed by atoms with E-state index in [4.69, 9.17) is 11.6 Å². The second-order valence-corrected chi connectivity index (χ2v) is 6.42. The van der Waals surface area contributed by atoms with Crippen molar-refractivity contribution in [1.29, 1.82) is 0 Å². The zero-order chi connectivity index (χ0) is 13.1. The van der Waals surface area contributed by atoms with Crippen molar-refractivity contribution in [2.75, 3.05) is 0 Å². The summed E-state index contributed by atoms with van der Waals surface area (Å²) in [7, 11) is 0. The van der Waals surface area contributed by atoms with Crippen molar-refractivity contribution in [2.45, 2.75) is 13.0 Å². The molecular weight excluding hydrogens is 334 g/mol. The number of amides is 1. The molecule has 2 rings (SSSR count). The smallest absolute Gasteiger partial charge is 0.252 e. The summed E-state index contributed by atoms with van der Waals surface area (Å²) in [4.78, 5) is 13.1. The van der Waals surface area contributed by atoms with Gasteiger partial charge in [0.2, 0.25) is 0 Å². The van der Waals surface area contributed by atoms with Crippen molar-refractivity contribution in [3.8, 4) is 0 Å². The maximum atomic E-state index is 12.1. The van der Waals surface area contributed by atoms with E-state index in [0.717, 1.165) is 13.7 Å². The van der Waals surface area contributed by atoms with E-state index in [2.05, 4.69) is 21.2 Å². The Morgan fingerprint density at radius 1 is 1.33 bits per heavy atom. The van der Waals surface area contributed by atoms with Crippen molar-refractivity contribution in [3.05, 3.63) is 55.6 Å². The first kappa shape index (κ1) is 13.6. The molecule has 0 radical (unpaired) electrons. The van der Waals surface area contributed by atoms with Crippen molar-refractivity contribution >= 4 is 44.8 Å². The number of halogens is 2. The normalized spacial score (nSPS) is 12.2. The van der Waals surface area contributed by atoms with Gasteiger partial charge < -0.3 is 5.32 Å². The predicted molar refractivity (Wildman–Crippen MR) is 79.4 cm³/mol. The molecule has 1 aromatic carbocycles. The fraction of sp³-hybridized carbons (Fsp3) is 0.154. The van der Waals surface area contributed by atoms with Crippen LogP contribution in [0, 0.1) is 0 Å². The molecule has 1 aromatic heterocycles. The van der Waals surface area contributed by atoms with Gasteiger partial charge in [-0.05, 0) is 47.1 Å². The molecule has 1 N–H and O–H groups in total. The van der Waals surface area contributed by atoms with E-state index in [9.17, 15) is 4.79 Å². The fourth-order valence-electron chi connectivity index (χ4n) is 1.55. The zero-order valence-corrected chi connectivity index (χ0v) is 12.8. The maximum Gasteiger partial charge on any atom is 0.252 e. The molecule has 1 heterocycles. The van der Waals surface area contributed by atoms with Crippen LogP contribution < -0.4 is 5.32 Å². The Bertz CT molecular complexity index is 570. The highest BCUT2D eigenvalue weighted by Gasteiger charge is 2.14. The number of benzene rings is 1. The Morgan fingerprint density at radius 3 is 2.67 bits per heavy atom. The van der Waals surface area contributed by atoms with Crippen LogP contribution in [0.3, 0.4) is 0 Å². The van der Waals surface area contributed by atoms with E-state index in [1.54, 1.807) is 6.07 Å². The molecule has 0 aliphatic heterocycles. The van der Waals surface area contributed by atoms with Gasteiger partial charge in [-0.25, -0.2) is 0 Å². The number of nitrogens with one attached hydrogen (secondary N) is 1. The molecule has 0 saturated carbocycles. The number of carbonyl (C=O) groups is 1. The third kappa shape index (κ3) is 3.13. The van der Waals surface area contributed by atoms with Gasteiger partial charge in [0.1, 0.15) is 0 Å². The average molecular weight is 345 g/mol. The lowest BCUT2D eigenvalue weighted by Gasteiger charge is -2.12. The summed E-state index contributed by atoms with van der Waals surface area (Å²) in [5.41, 5.74) is 0.631. The van der Waals surface area contributed by atoms with Crippen LogP contribution in [-0.4, -0.2) is 5.91 Å². The number of carbonyl (C=O) groups excluding carboxylic acids is 1. The number of hydrogen-bond acceptors (Lipinski definition) is 2. The van der Waals surface area contributed by atoms with Gasteiger partial charge in [-0.15, -0.1) is 11.3 Å². The Labute approximate surface area is 123 Å². The molecule has 0 spiro atoms. The van der Waals surface area contributed by atoms with Crippen molar-refractivity contribution in [3.63, 3.8) is 0 Å². The van der Waals surface area contributed by atoms with E-state index in [-0.39, 0.29) is 11.9 Å². The molecule has 1 unspecified atom stereocenters. The van der Waals surface area contributed by atoms with Crippen LogP contribution >= 0.6 is 38.9 Å². The van der Waals surface area contributed by atoms with Crippen LogP contribution in [0.4, 0.5) is 0 Å². The minimum absolute atomic E-state index is 0.0536. The summed E-state index contributed by atoms with van der Waals surface area (Å²) >= 11 is 10.7. The minimum Gasteiger partial charge on any atom is -0.345 e. The van der Waals surface area contributed by atoms with Crippen molar-refractivity contribution in [2.24, 2.45) is 0 Å². The van der Waals surface area contributed by atoms with Gasteiger partial charge >= 0.3 is 0 Å². The second-order valence-electron chi connectivity index (χ2n) is 3.82. The van der Waals surface area contributed by atoms with Crippen LogP contribution in [0.25, 0.3) is 0 Å². The molecule has 0 bridgehead atoms. The van der Waals surface area contributed by atoms with Gasteiger partial charge in [-0.2, -0.15) is 0 Å². The quantitative estimate of drug-likeness (QED) is 0.862. The first-order valence-corrected chi connectivity index (χ1v) is 7.37. The standard InChI is InChI=1S/C13H11BrClNOS/c1-8(11-6-7-12(15)18-11)16-13(17)9-4-2-3-5-10(9)14/h2-8H,1H3,(H,16,17). The third-order valence-corrected chi connectivity index (χ3v) is 4.59. The van der Waals surface area contributed by atoms with E-state index in [1.165, 1.54) is 11.3 Å². The third-order valence-electron chi connectivity index (χ3n) is 2.49. The topological polar surface area (TPSA) is 29.1 Å². The summed E-state index contributed by atoms with van der Waals surface area (Å²) in [5, 5.41) is 2.95. The second kappa shape index (κ2) is 5.87. The molecule has 18 heavy (non-hydrogen) atoms. The highest BCUT2D eigenvalue weighted by Crippen LogP contribution is 2.27. The number of rotatable bonds is 3. The van der Waals surface area contributed by atoms with Crippen LogP contribution in [0.15, 0.2) is 40.9 Å². The Hall–Kier alpha value is -0.840. The molecule has 0 aliphatic carbocycles. The molecule has 5 heteroatoms. The minimum atomic E-state index is -0.0977. The Morgan fingerprint density at radius 2 is 2.06 bits per heavy atom. The molecule has 1 atom stereocenters. The summed E-state index contributed by atoms with van der Waals surface area (Å²) < 4.78 is 1.52. The highest BCUT2D eigenvalue weighted by atomic mass is 79.9. The van der Waals surface area contributed by atoms with Gasteiger partial charge in [0, 0.05) is 9.35 Å². The molecule has 0 saturated heterocycles. The van der Waals surface area contributed by atoms with E-state index in [0.29, 0.717) is 5.56 Å². The summed E-state index contributed by atoms with van der Waals surface area (Å²) in [6.45, 7) is 1.94. The molecular formula is C13H11BrClNOS. The van der Waals surface area contributed by atoms with Crippen LogP contribution in [0.1, 0.15) is 28.2 Å². The van der Waals surface area contributed by atoms with Gasteiger partial charge in [0.15, 0.2) is 0 Å². The molecule has 2 aromatic rings. The van der Waals surface area contributed by atoms with Crippen molar-refractivity contribution < 1.29 is 4.79 Å². The predicted octanol–water partition coefficient (Wildman–Crippen LogP) is 4.66. The van der Waals surface area contributed by atoms with E-state index < -0.39 is 0 Å². The van der Waals surface area contributed by atoms with E-state index >= 15 is 0 Å². The average Bonchev–Trinajstić information content (AvgIpc) is 2.76. The first-order chi connectivity index (χ1) is 8.58. The van der Waals surface area contributed by atoms with Crippen LogP contribution in [0.5, 0.6) is 0 Å². The largest absolute Gasteiger partial charge is 0.345 e. The lowest BCUT2D eigenvalue weighted by molar-refractivity contribution is 0.0939. The van der Waals surface area contributed by atoms with Crippen LogP contribution in [0.2, 0.25) is 4.34 Å². The maximum absolute atomic E-state index is 12.1. The van der Waals surface area contributed by atoms with Gasteiger partial charge in [0.05, 0.1) is 15.9 Å². The summed E-state index contributed by atoms with van der Waals surface area (Å²) in [6, 6.07) is 11.1. The molecule has 2 nitrogen and oxygen atoms in total. The van der Waals surface area contributed by atoms with Gasteiger partial charge in [0.25, 0.3) is 5.91 Å². The lowest BCUT2D eigenvalue weighted by atomic mass is 10.2. The summed E-state index contributed by atoms with van der Waals surface area (Å²) in [6.07, 6.45) is 0. The highest BCUT2D eigenvalue weighted by molar-refractivity contribution is 9.10. The van der Waals surface area contributed by atoms with Crippen molar-refractivity contribution in [1.82, 2.24) is 5.32 Å². The first-order valence-electron chi connectivity index (χ1n) is 5.38. The van der Waals surface area contributed by atoms with Gasteiger partial charge in [-0.1, -0.05) is 23.7 Å². The molecule has 0 fully saturated rings. The Kier molecular flexibility index (Phi) is 4.43.